The fourth-order valence-corrected chi connectivity index (χ4v) is 2.75. The fraction of sp³-hybridized carbons (Fsp3) is 0.429. The SMILES string of the molecule is COc1ccc(C2=NNC3CCCC(=O)C23)cc1. The monoisotopic (exact) mass is 244 g/mol. The zero-order valence-electron chi connectivity index (χ0n) is 10.3. The van der Waals surface area contributed by atoms with Crippen molar-refractivity contribution in [1.29, 1.82) is 0 Å². The maximum Gasteiger partial charge on any atom is 0.144 e. The van der Waals surface area contributed by atoms with Gasteiger partial charge in [0, 0.05) is 6.42 Å². The number of ketones is 1. The number of methoxy groups -OCH3 is 1. The standard InChI is InChI=1S/C14H16N2O2/c1-18-10-7-5-9(6-8-10)14-13-11(15-16-14)3-2-4-12(13)17/h5-8,11,13,15H,2-4H2,1H3. The number of carbonyl (C=O) groups is 1. The van der Waals surface area contributed by atoms with Gasteiger partial charge in [-0.1, -0.05) is 0 Å². The smallest absolute Gasteiger partial charge is 0.144 e. The first-order valence-corrected chi connectivity index (χ1v) is 6.30. The summed E-state index contributed by atoms with van der Waals surface area (Å²) < 4.78 is 5.14. The predicted molar refractivity (Wildman–Crippen MR) is 68.8 cm³/mol. The predicted octanol–water partition coefficient (Wildman–Crippen LogP) is 1.74. The van der Waals surface area contributed by atoms with Crippen molar-refractivity contribution in [1.82, 2.24) is 5.43 Å². The highest BCUT2D eigenvalue weighted by Gasteiger charge is 2.39. The molecule has 0 aromatic heterocycles. The van der Waals surface area contributed by atoms with Gasteiger partial charge in [0.25, 0.3) is 0 Å². The summed E-state index contributed by atoms with van der Waals surface area (Å²) >= 11 is 0. The largest absolute Gasteiger partial charge is 0.497 e. The Bertz CT molecular complexity index is 493. The van der Waals surface area contributed by atoms with Crippen molar-refractivity contribution in [3.05, 3.63) is 29.8 Å². The molecule has 0 spiro atoms. The molecular weight excluding hydrogens is 228 g/mol. The van der Waals surface area contributed by atoms with Gasteiger partial charge in [0.15, 0.2) is 0 Å². The van der Waals surface area contributed by atoms with E-state index >= 15 is 0 Å². The molecule has 3 rings (SSSR count). The summed E-state index contributed by atoms with van der Waals surface area (Å²) in [6.45, 7) is 0. The van der Waals surface area contributed by atoms with Crippen molar-refractivity contribution in [3.8, 4) is 5.75 Å². The van der Waals surface area contributed by atoms with Crippen LogP contribution >= 0.6 is 0 Å². The summed E-state index contributed by atoms with van der Waals surface area (Å²) in [5, 5.41) is 4.36. The van der Waals surface area contributed by atoms with Crippen molar-refractivity contribution in [2.24, 2.45) is 11.0 Å². The van der Waals surface area contributed by atoms with Crippen molar-refractivity contribution in [3.63, 3.8) is 0 Å². The molecule has 2 atom stereocenters. The first kappa shape index (κ1) is 11.3. The summed E-state index contributed by atoms with van der Waals surface area (Å²) in [7, 11) is 1.64. The van der Waals surface area contributed by atoms with E-state index in [-0.39, 0.29) is 12.0 Å². The Balaban J connectivity index is 1.89. The molecule has 0 saturated heterocycles. The molecule has 1 aromatic rings. The van der Waals surface area contributed by atoms with Gasteiger partial charge < -0.3 is 10.2 Å². The highest BCUT2D eigenvalue weighted by molar-refractivity contribution is 6.15. The molecule has 1 aliphatic carbocycles. The molecule has 2 unspecified atom stereocenters. The summed E-state index contributed by atoms with van der Waals surface area (Å²) in [6.07, 6.45) is 2.68. The molecule has 1 fully saturated rings. The Morgan fingerprint density at radius 1 is 1.33 bits per heavy atom. The van der Waals surface area contributed by atoms with E-state index in [9.17, 15) is 4.79 Å². The van der Waals surface area contributed by atoms with Gasteiger partial charge in [0.2, 0.25) is 0 Å². The van der Waals surface area contributed by atoms with Gasteiger partial charge in [-0.15, -0.1) is 0 Å². The van der Waals surface area contributed by atoms with Gasteiger partial charge in [-0.25, -0.2) is 0 Å². The zero-order valence-corrected chi connectivity index (χ0v) is 10.3. The van der Waals surface area contributed by atoms with Gasteiger partial charge in [-0.3, -0.25) is 4.79 Å². The van der Waals surface area contributed by atoms with E-state index in [1.807, 2.05) is 24.3 Å². The molecule has 1 N–H and O–H groups in total. The van der Waals surface area contributed by atoms with Gasteiger partial charge in [0.05, 0.1) is 24.8 Å². The molecule has 0 bridgehead atoms. The van der Waals surface area contributed by atoms with Crippen LogP contribution in [0.4, 0.5) is 0 Å². The second-order valence-corrected chi connectivity index (χ2v) is 4.80. The highest BCUT2D eigenvalue weighted by Crippen LogP contribution is 2.29. The second-order valence-electron chi connectivity index (χ2n) is 4.80. The van der Waals surface area contributed by atoms with E-state index < -0.39 is 0 Å². The number of Topliss-reactive ketones (excluding diaryl/α,β-unsaturated/α-hetero) is 1. The van der Waals surface area contributed by atoms with Crippen LogP contribution in [0.3, 0.4) is 0 Å². The fourth-order valence-electron chi connectivity index (χ4n) is 2.75. The molecule has 2 aliphatic rings. The lowest BCUT2D eigenvalue weighted by molar-refractivity contribution is -0.122. The lowest BCUT2D eigenvalue weighted by atomic mass is 9.80. The van der Waals surface area contributed by atoms with Crippen LogP contribution in [0.1, 0.15) is 24.8 Å². The Morgan fingerprint density at radius 3 is 2.83 bits per heavy atom. The molecule has 1 saturated carbocycles. The highest BCUT2D eigenvalue weighted by atomic mass is 16.5. The molecule has 1 aliphatic heterocycles. The minimum absolute atomic E-state index is 0.0628. The summed E-state index contributed by atoms with van der Waals surface area (Å²) in [5.74, 6) is 1.06. The number of benzene rings is 1. The lowest BCUT2D eigenvalue weighted by Gasteiger charge is -2.24. The van der Waals surface area contributed by atoms with Gasteiger partial charge in [-0.05, 0) is 42.7 Å². The van der Waals surface area contributed by atoms with E-state index in [4.69, 9.17) is 4.74 Å². The zero-order chi connectivity index (χ0) is 12.5. The topological polar surface area (TPSA) is 50.7 Å². The number of nitrogens with zero attached hydrogens (tertiary/aromatic N) is 1. The van der Waals surface area contributed by atoms with Gasteiger partial charge in [0.1, 0.15) is 11.5 Å². The van der Waals surface area contributed by atoms with Crippen LogP contribution in [0.2, 0.25) is 0 Å². The lowest BCUT2D eigenvalue weighted by Crippen LogP contribution is -2.39. The summed E-state index contributed by atoms with van der Waals surface area (Å²) in [4.78, 5) is 12.0. The third-order valence-corrected chi connectivity index (χ3v) is 3.72. The van der Waals surface area contributed by atoms with Crippen LogP contribution < -0.4 is 10.2 Å². The number of nitrogens with one attached hydrogen (secondary N) is 1. The molecule has 1 aromatic carbocycles. The van der Waals surface area contributed by atoms with E-state index in [0.29, 0.717) is 12.2 Å². The number of carbonyl (C=O) groups excluding carboxylic acids is 1. The number of hydrazone groups is 1. The summed E-state index contributed by atoms with van der Waals surface area (Å²) in [6, 6.07) is 7.92. The maximum atomic E-state index is 12.0. The Morgan fingerprint density at radius 2 is 2.11 bits per heavy atom. The van der Waals surface area contributed by atoms with Gasteiger partial charge in [-0.2, -0.15) is 5.10 Å². The van der Waals surface area contributed by atoms with E-state index in [1.165, 1.54) is 0 Å². The van der Waals surface area contributed by atoms with Crippen LogP contribution in [0.15, 0.2) is 29.4 Å². The molecule has 0 radical (unpaired) electrons. The van der Waals surface area contributed by atoms with Crippen LogP contribution in [0.5, 0.6) is 5.75 Å². The number of hydrogen-bond donors (Lipinski definition) is 1. The van der Waals surface area contributed by atoms with Crippen LogP contribution in [-0.4, -0.2) is 24.6 Å². The van der Waals surface area contributed by atoms with Crippen molar-refractivity contribution < 1.29 is 9.53 Å². The second kappa shape index (κ2) is 4.44. The average Bonchev–Trinajstić information content (AvgIpc) is 2.84. The molecule has 18 heavy (non-hydrogen) atoms. The number of fused-ring (bicyclic) bond motifs is 1. The molecule has 0 amide bonds. The first-order valence-electron chi connectivity index (χ1n) is 6.30. The number of rotatable bonds is 2. The first-order chi connectivity index (χ1) is 8.79. The van der Waals surface area contributed by atoms with Crippen molar-refractivity contribution >= 4 is 11.5 Å². The van der Waals surface area contributed by atoms with E-state index in [1.54, 1.807) is 7.11 Å². The Labute approximate surface area is 106 Å². The maximum absolute atomic E-state index is 12.0. The van der Waals surface area contributed by atoms with E-state index in [2.05, 4.69) is 10.5 Å². The number of ether oxygens (including phenoxy) is 1. The quantitative estimate of drug-likeness (QED) is 0.862. The summed E-state index contributed by atoms with van der Waals surface area (Å²) in [5.41, 5.74) is 4.99. The van der Waals surface area contributed by atoms with Crippen LogP contribution in [0, 0.1) is 5.92 Å². The van der Waals surface area contributed by atoms with Crippen LogP contribution in [0.25, 0.3) is 0 Å². The van der Waals surface area contributed by atoms with Crippen molar-refractivity contribution in [2.75, 3.05) is 7.11 Å². The number of hydrogen-bond acceptors (Lipinski definition) is 4. The molecule has 94 valence electrons. The third-order valence-electron chi connectivity index (χ3n) is 3.72. The third kappa shape index (κ3) is 1.78. The average molecular weight is 244 g/mol. The minimum Gasteiger partial charge on any atom is -0.497 e. The van der Waals surface area contributed by atoms with Crippen molar-refractivity contribution in [2.45, 2.75) is 25.3 Å². The van der Waals surface area contributed by atoms with Gasteiger partial charge >= 0.3 is 0 Å². The molecular formula is C14H16N2O2. The molecule has 1 heterocycles. The Hall–Kier alpha value is -1.84. The molecule has 4 heteroatoms. The molecule has 4 nitrogen and oxygen atoms in total. The van der Waals surface area contributed by atoms with E-state index in [0.717, 1.165) is 29.9 Å². The normalized spacial score (nSPS) is 26.3. The van der Waals surface area contributed by atoms with Crippen LogP contribution in [-0.2, 0) is 4.79 Å². The Kier molecular flexibility index (Phi) is 2.78. The minimum atomic E-state index is -0.0628.